The first-order valence-corrected chi connectivity index (χ1v) is 6.85. The van der Waals surface area contributed by atoms with Gasteiger partial charge in [-0.25, -0.2) is 17.6 Å². The average Bonchev–Trinajstić information content (AvgIpc) is 2.73. The molecule has 0 radical (unpaired) electrons. The van der Waals surface area contributed by atoms with Crippen LogP contribution in [0.1, 0.15) is 15.9 Å². The number of nitrogens with zero attached hydrogens (tertiary/aromatic N) is 1. The highest BCUT2D eigenvalue weighted by molar-refractivity contribution is 7.92. The Labute approximate surface area is 113 Å². The molecule has 106 valence electrons. The summed E-state index contributed by atoms with van der Waals surface area (Å²) < 4.78 is 39.9. The Morgan fingerprint density at radius 3 is 2.65 bits per heavy atom. The summed E-state index contributed by atoms with van der Waals surface area (Å²) in [5.41, 5.74) is 0.204. The monoisotopic (exact) mass is 299 g/mol. The van der Waals surface area contributed by atoms with E-state index in [1.165, 1.54) is 6.20 Å². The quantitative estimate of drug-likeness (QED) is 0.789. The molecular weight excluding hydrogens is 289 g/mol. The lowest BCUT2D eigenvalue weighted by molar-refractivity contribution is 0.0696. The van der Waals surface area contributed by atoms with E-state index < -0.39 is 26.7 Å². The zero-order valence-electron chi connectivity index (χ0n) is 10.2. The number of anilines is 1. The van der Waals surface area contributed by atoms with Gasteiger partial charge in [-0.2, -0.15) is 5.10 Å². The van der Waals surface area contributed by atoms with Gasteiger partial charge in [-0.15, -0.1) is 0 Å². The van der Waals surface area contributed by atoms with Gasteiger partial charge in [0.15, 0.2) is 0 Å². The number of sulfonamides is 1. The SMILES string of the molecule is Cc1cn[nH]c1NS(=O)(=O)c1ccc(C(=O)O)cc1F. The Hall–Kier alpha value is -2.42. The Morgan fingerprint density at radius 2 is 2.15 bits per heavy atom. The molecule has 20 heavy (non-hydrogen) atoms. The van der Waals surface area contributed by atoms with E-state index in [0.717, 1.165) is 12.1 Å². The Morgan fingerprint density at radius 1 is 1.45 bits per heavy atom. The highest BCUT2D eigenvalue weighted by Gasteiger charge is 2.21. The van der Waals surface area contributed by atoms with Crippen molar-refractivity contribution >= 4 is 21.8 Å². The van der Waals surface area contributed by atoms with Crippen LogP contribution in [0.25, 0.3) is 0 Å². The molecule has 0 fully saturated rings. The molecular formula is C11H10FN3O4S. The molecule has 3 N–H and O–H groups in total. The van der Waals surface area contributed by atoms with Crippen molar-refractivity contribution in [3.8, 4) is 0 Å². The minimum Gasteiger partial charge on any atom is -0.478 e. The van der Waals surface area contributed by atoms with Crippen LogP contribution in [-0.2, 0) is 10.0 Å². The zero-order valence-corrected chi connectivity index (χ0v) is 11.0. The Kier molecular flexibility index (Phi) is 3.45. The minimum absolute atomic E-state index is 0.117. The maximum Gasteiger partial charge on any atom is 0.335 e. The van der Waals surface area contributed by atoms with Crippen molar-refractivity contribution in [3.63, 3.8) is 0 Å². The molecule has 0 saturated heterocycles. The van der Waals surface area contributed by atoms with Gasteiger partial charge in [0, 0.05) is 5.56 Å². The topological polar surface area (TPSA) is 112 Å². The van der Waals surface area contributed by atoms with Crippen molar-refractivity contribution in [1.82, 2.24) is 10.2 Å². The van der Waals surface area contributed by atoms with Crippen LogP contribution in [0.15, 0.2) is 29.3 Å². The molecule has 0 aliphatic carbocycles. The molecule has 0 aliphatic heterocycles. The first kappa shape index (κ1) is 14.0. The number of aromatic nitrogens is 2. The van der Waals surface area contributed by atoms with E-state index in [1.807, 2.05) is 0 Å². The zero-order chi connectivity index (χ0) is 14.9. The van der Waals surface area contributed by atoms with E-state index in [2.05, 4.69) is 14.9 Å². The van der Waals surface area contributed by atoms with Gasteiger partial charge in [0.1, 0.15) is 16.5 Å². The van der Waals surface area contributed by atoms with Gasteiger partial charge < -0.3 is 5.11 Å². The van der Waals surface area contributed by atoms with Gasteiger partial charge in [0.25, 0.3) is 10.0 Å². The third-order valence-electron chi connectivity index (χ3n) is 2.53. The molecule has 0 atom stereocenters. The molecule has 7 nitrogen and oxygen atoms in total. The highest BCUT2D eigenvalue weighted by Crippen LogP contribution is 2.20. The van der Waals surface area contributed by atoms with Gasteiger partial charge in [-0.1, -0.05) is 0 Å². The molecule has 9 heteroatoms. The number of halogens is 1. The number of carboxylic acids is 1. The molecule has 0 bridgehead atoms. The third kappa shape index (κ3) is 2.62. The van der Waals surface area contributed by atoms with E-state index >= 15 is 0 Å². The van der Waals surface area contributed by atoms with Crippen molar-refractivity contribution in [2.45, 2.75) is 11.8 Å². The van der Waals surface area contributed by atoms with Crippen molar-refractivity contribution in [3.05, 3.63) is 41.3 Å². The second-order valence-electron chi connectivity index (χ2n) is 3.98. The van der Waals surface area contributed by atoms with Crippen molar-refractivity contribution < 1.29 is 22.7 Å². The molecule has 2 aromatic rings. The number of aromatic amines is 1. The van der Waals surface area contributed by atoms with E-state index in [-0.39, 0.29) is 11.4 Å². The lowest BCUT2D eigenvalue weighted by Crippen LogP contribution is -2.16. The fourth-order valence-corrected chi connectivity index (χ4v) is 2.64. The second kappa shape index (κ2) is 4.93. The summed E-state index contributed by atoms with van der Waals surface area (Å²) in [5, 5.41) is 14.8. The normalized spacial score (nSPS) is 11.3. The van der Waals surface area contributed by atoms with Gasteiger partial charge in [-0.3, -0.25) is 9.82 Å². The standard InChI is InChI=1S/C11H10FN3O4S/c1-6-5-13-14-10(6)15-20(18,19)9-3-2-7(11(16)17)4-8(9)12/h2-5H,1H3,(H,16,17)(H2,13,14,15). The maximum absolute atomic E-state index is 13.7. The Balaban J connectivity index is 2.40. The average molecular weight is 299 g/mol. The smallest absolute Gasteiger partial charge is 0.335 e. The lowest BCUT2D eigenvalue weighted by Gasteiger charge is -2.08. The largest absolute Gasteiger partial charge is 0.478 e. The first-order valence-electron chi connectivity index (χ1n) is 5.37. The number of nitrogens with one attached hydrogen (secondary N) is 2. The molecule has 1 aromatic carbocycles. The first-order chi connectivity index (χ1) is 9.31. The van der Waals surface area contributed by atoms with E-state index in [1.54, 1.807) is 6.92 Å². The summed E-state index contributed by atoms with van der Waals surface area (Å²) in [5.74, 6) is -2.37. The molecule has 0 spiro atoms. The van der Waals surface area contributed by atoms with Crippen molar-refractivity contribution in [2.24, 2.45) is 0 Å². The molecule has 0 saturated carbocycles. The van der Waals surface area contributed by atoms with Crippen LogP contribution < -0.4 is 4.72 Å². The number of hydrogen-bond donors (Lipinski definition) is 3. The minimum atomic E-state index is -4.17. The summed E-state index contributed by atoms with van der Waals surface area (Å²) >= 11 is 0. The Bertz CT molecular complexity index is 770. The number of carbonyl (C=O) groups is 1. The van der Waals surface area contributed by atoms with Crippen LogP contribution >= 0.6 is 0 Å². The summed E-state index contributed by atoms with van der Waals surface area (Å²) in [4.78, 5) is 10.0. The number of hydrogen-bond acceptors (Lipinski definition) is 4. The number of carboxylic acid groups (broad SMARTS) is 1. The predicted molar refractivity (Wildman–Crippen MR) is 67.5 cm³/mol. The van der Waals surface area contributed by atoms with E-state index in [4.69, 9.17) is 5.11 Å². The molecule has 0 amide bonds. The number of H-pyrrole nitrogens is 1. The lowest BCUT2D eigenvalue weighted by atomic mass is 10.2. The summed E-state index contributed by atoms with van der Waals surface area (Å²) in [6, 6.07) is 2.56. The van der Waals surface area contributed by atoms with Crippen LogP contribution in [-0.4, -0.2) is 29.7 Å². The molecule has 0 unspecified atom stereocenters. The van der Waals surface area contributed by atoms with Gasteiger partial charge in [0.2, 0.25) is 0 Å². The fourth-order valence-electron chi connectivity index (χ4n) is 1.49. The maximum atomic E-state index is 13.7. The fraction of sp³-hybridized carbons (Fsp3) is 0.0909. The number of aromatic carboxylic acids is 1. The summed E-state index contributed by atoms with van der Waals surface area (Å²) in [6.07, 6.45) is 1.40. The van der Waals surface area contributed by atoms with Crippen LogP contribution in [0.2, 0.25) is 0 Å². The number of rotatable bonds is 4. The van der Waals surface area contributed by atoms with Crippen LogP contribution in [0.5, 0.6) is 0 Å². The molecule has 1 heterocycles. The van der Waals surface area contributed by atoms with Gasteiger partial charge in [-0.05, 0) is 25.1 Å². The predicted octanol–water partition coefficient (Wildman–Crippen LogP) is 1.36. The highest BCUT2D eigenvalue weighted by atomic mass is 32.2. The van der Waals surface area contributed by atoms with Crippen LogP contribution in [0.3, 0.4) is 0 Å². The van der Waals surface area contributed by atoms with Crippen LogP contribution in [0.4, 0.5) is 10.2 Å². The summed E-state index contributed by atoms with van der Waals surface area (Å²) in [6.45, 7) is 1.62. The van der Waals surface area contributed by atoms with Gasteiger partial charge in [0.05, 0.1) is 11.8 Å². The van der Waals surface area contributed by atoms with E-state index in [9.17, 15) is 17.6 Å². The van der Waals surface area contributed by atoms with Crippen LogP contribution in [0, 0.1) is 12.7 Å². The summed E-state index contributed by atoms with van der Waals surface area (Å²) in [7, 11) is -4.17. The molecule has 0 aliphatic rings. The van der Waals surface area contributed by atoms with Crippen molar-refractivity contribution in [2.75, 3.05) is 4.72 Å². The second-order valence-corrected chi connectivity index (χ2v) is 5.63. The molecule has 2 rings (SSSR count). The number of benzene rings is 1. The third-order valence-corrected chi connectivity index (χ3v) is 3.92. The molecule has 1 aromatic heterocycles. The van der Waals surface area contributed by atoms with E-state index in [0.29, 0.717) is 11.6 Å². The van der Waals surface area contributed by atoms with Crippen molar-refractivity contribution in [1.29, 1.82) is 0 Å². The van der Waals surface area contributed by atoms with Gasteiger partial charge >= 0.3 is 5.97 Å². The number of aryl methyl sites for hydroxylation is 1.